The number of Topliss-reactive ketones (excluding diaryl/α,β-unsaturated/α-hetero) is 1. The lowest BCUT2D eigenvalue weighted by Gasteiger charge is -2.23. The number of hydrogen-bond donors (Lipinski definition) is 0. The Hall–Kier alpha value is -2.70. The van der Waals surface area contributed by atoms with Crippen LogP contribution in [0.1, 0.15) is 64.8 Å². The minimum Gasteiger partial charge on any atom is -0.294 e. The normalized spacial score (nSPS) is 16.0. The van der Waals surface area contributed by atoms with Crippen LogP contribution in [0.15, 0.2) is 59.9 Å². The van der Waals surface area contributed by atoms with E-state index in [4.69, 9.17) is 16.6 Å². The minimum atomic E-state index is 0.113. The van der Waals surface area contributed by atoms with Crippen LogP contribution in [0, 0.1) is 0 Å². The summed E-state index contributed by atoms with van der Waals surface area (Å²) in [5.74, 6) is 1.99. The first-order valence-corrected chi connectivity index (χ1v) is 12.1. The van der Waals surface area contributed by atoms with E-state index in [-0.39, 0.29) is 11.7 Å². The number of thioether (sulfide) groups is 1. The van der Waals surface area contributed by atoms with Crippen LogP contribution >= 0.6 is 23.4 Å². The van der Waals surface area contributed by atoms with Gasteiger partial charge in [-0.3, -0.25) is 4.79 Å². The lowest BCUT2D eigenvalue weighted by Crippen LogP contribution is -2.21. The van der Waals surface area contributed by atoms with Crippen molar-refractivity contribution in [1.82, 2.24) is 19.6 Å². The number of nitrogens with zero attached hydrogens (tertiary/aromatic N) is 4. The fourth-order valence-electron chi connectivity index (χ4n) is 4.09. The van der Waals surface area contributed by atoms with Crippen molar-refractivity contribution in [3.8, 4) is 0 Å². The standard InChI is InChI=1S/C25H23ClN4OS/c1-15(2)17-6-8-18(9-7-17)19-11-22-21(23(31)12-19)13-30-24(27-22)28-25(29-30)32-14-16-4-3-5-20(26)10-16/h3-10,13,15,19H,11-12,14H2,1-2H3/t19-/m0/s1. The Morgan fingerprint density at radius 2 is 1.94 bits per heavy atom. The third-order valence-corrected chi connectivity index (χ3v) is 7.04. The Bertz CT molecular complexity index is 1300. The van der Waals surface area contributed by atoms with Gasteiger partial charge in [-0.15, -0.1) is 5.10 Å². The summed E-state index contributed by atoms with van der Waals surface area (Å²) in [6.07, 6.45) is 3.01. The molecule has 1 aliphatic rings. The SMILES string of the molecule is CC(C)c1ccc([C@@H]2CC(=O)c3cn4nc(SCc5cccc(Cl)c5)nc4nc3C2)cc1. The van der Waals surface area contributed by atoms with E-state index >= 15 is 0 Å². The third-order valence-electron chi connectivity index (χ3n) is 5.89. The van der Waals surface area contributed by atoms with Crippen molar-refractivity contribution in [3.63, 3.8) is 0 Å². The first kappa shape index (κ1) is 21.2. The van der Waals surface area contributed by atoms with Gasteiger partial charge in [0.15, 0.2) is 5.78 Å². The van der Waals surface area contributed by atoms with Crippen LogP contribution in [0.3, 0.4) is 0 Å². The molecule has 2 aromatic carbocycles. The molecule has 7 heteroatoms. The lowest BCUT2D eigenvalue weighted by atomic mass is 9.81. The second-order valence-corrected chi connectivity index (χ2v) is 9.89. The quantitative estimate of drug-likeness (QED) is 0.335. The molecule has 0 radical (unpaired) electrons. The molecular weight excluding hydrogens is 440 g/mol. The molecule has 0 bridgehead atoms. The number of carbonyl (C=O) groups is 1. The molecular formula is C25H23ClN4OS. The average Bonchev–Trinajstić information content (AvgIpc) is 3.18. The summed E-state index contributed by atoms with van der Waals surface area (Å²) >= 11 is 7.59. The molecule has 0 amide bonds. The maximum atomic E-state index is 12.9. The molecule has 0 N–H and O–H groups in total. The Morgan fingerprint density at radius 3 is 2.69 bits per heavy atom. The van der Waals surface area contributed by atoms with Gasteiger partial charge in [-0.1, -0.05) is 73.6 Å². The van der Waals surface area contributed by atoms with Gasteiger partial charge >= 0.3 is 0 Å². The highest BCUT2D eigenvalue weighted by atomic mass is 35.5. The van der Waals surface area contributed by atoms with E-state index in [1.54, 1.807) is 10.7 Å². The Morgan fingerprint density at radius 1 is 1.12 bits per heavy atom. The zero-order valence-corrected chi connectivity index (χ0v) is 19.5. The highest BCUT2D eigenvalue weighted by molar-refractivity contribution is 7.98. The van der Waals surface area contributed by atoms with E-state index in [0.717, 1.165) is 17.7 Å². The first-order valence-electron chi connectivity index (χ1n) is 10.7. The third kappa shape index (κ3) is 4.30. The molecule has 32 heavy (non-hydrogen) atoms. The molecule has 2 aromatic heterocycles. The maximum absolute atomic E-state index is 12.9. The number of hydrogen-bond acceptors (Lipinski definition) is 5. The van der Waals surface area contributed by atoms with Gasteiger partial charge in [0.1, 0.15) is 0 Å². The summed E-state index contributed by atoms with van der Waals surface area (Å²) in [6, 6.07) is 16.4. The molecule has 4 aromatic rings. The molecule has 0 aliphatic heterocycles. The largest absolute Gasteiger partial charge is 0.294 e. The Labute approximate surface area is 196 Å². The van der Waals surface area contributed by atoms with Gasteiger partial charge in [0.2, 0.25) is 5.16 Å². The second-order valence-electron chi connectivity index (χ2n) is 8.51. The fourth-order valence-corrected chi connectivity index (χ4v) is 5.07. The van der Waals surface area contributed by atoms with Gasteiger partial charge in [-0.2, -0.15) is 4.98 Å². The van der Waals surface area contributed by atoms with Gasteiger partial charge in [0, 0.05) is 23.4 Å². The number of rotatable bonds is 5. The van der Waals surface area contributed by atoms with Crippen LogP contribution in [0.5, 0.6) is 0 Å². The highest BCUT2D eigenvalue weighted by Gasteiger charge is 2.28. The van der Waals surface area contributed by atoms with Crippen LogP contribution in [0.4, 0.5) is 0 Å². The van der Waals surface area contributed by atoms with Crippen LogP contribution in [0.2, 0.25) is 5.02 Å². The number of halogens is 1. The maximum Gasteiger partial charge on any atom is 0.253 e. The van der Waals surface area contributed by atoms with E-state index in [9.17, 15) is 4.79 Å². The molecule has 0 fully saturated rings. The Kier molecular flexibility index (Phi) is 5.74. The molecule has 0 spiro atoms. The van der Waals surface area contributed by atoms with Crippen molar-refractivity contribution in [2.45, 2.75) is 49.4 Å². The summed E-state index contributed by atoms with van der Waals surface area (Å²) in [5, 5.41) is 5.86. The van der Waals surface area contributed by atoms with E-state index < -0.39 is 0 Å². The summed E-state index contributed by atoms with van der Waals surface area (Å²) in [7, 11) is 0. The first-order chi connectivity index (χ1) is 15.5. The number of benzene rings is 2. The van der Waals surface area contributed by atoms with E-state index in [1.807, 2.05) is 24.3 Å². The number of fused-ring (bicyclic) bond motifs is 2. The molecule has 0 saturated heterocycles. The predicted octanol–water partition coefficient (Wildman–Crippen LogP) is 6.11. The van der Waals surface area contributed by atoms with Crippen molar-refractivity contribution in [3.05, 3.63) is 87.7 Å². The molecule has 0 unspecified atom stereocenters. The van der Waals surface area contributed by atoms with Crippen LogP contribution in [-0.2, 0) is 12.2 Å². The van der Waals surface area contributed by atoms with E-state index in [1.165, 1.54) is 22.9 Å². The molecule has 2 heterocycles. The number of carbonyl (C=O) groups excluding carboxylic acids is 1. The Balaban J connectivity index is 1.38. The fraction of sp³-hybridized carbons (Fsp3) is 0.280. The predicted molar refractivity (Wildman–Crippen MR) is 128 cm³/mol. The number of aromatic nitrogens is 4. The molecule has 5 nitrogen and oxygen atoms in total. The lowest BCUT2D eigenvalue weighted by molar-refractivity contribution is 0.0962. The average molecular weight is 463 g/mol. The van der Waals surface area contributed by atoms with Crippen molar-refractivity contribution in [2.75, 3.05) is 0 Å². The monoisotopic (exact) mass is 462 g/mol. The van der Waals surface area contributed by atoms with Crippen molar-refractivity contribution < 1.29 is 4.79 Å². The van der Waals surface area contributed by atoms with Gasteiger partial charge < -0.3 is 0 Å². The minimum absolute atomic E-state index is 0.113. The van der Waals surface area contributed by atoms with Crippen molar-refractivity contribution in [2.24, 2.45) is 0 Å². The van der Waals surface area contributed by atoms with Gasteiger partial charge in [0.05, 0.1) is 11.3 Å². The highest BCUT2D eigenvalue weighted by Crippen LogP contribution is 2.33. The van der Waals surface area contributed by atoms with Gasteiger partial charge in [0.25, 0.3) is 5.78 Å². The zero-order valence-electron chi connectivity index (χ0n) is 18.0. The van der Waals surface area contributed by atoms with E-state index in [2.05, 4.69) is 48.2 Å². The summed E-state index contributed by atoms with van der Waals surface area (Å²) < 4.78 is 1.62. The number of ketones is 1. The molecule has 5 rings (SSSR count). The van der Waals surface area contributed by atoms with Crippen molar-refractivity contribution in [1.29, 1.82) is 0 Å². The molecule has 0 saturated carbocycles. The molecule has 1 atom stereocenters. The summed E-state index contributed by atoms with van der Waals surface area (Å²) in [4.78, 5) is 22.2. The zero-order chi connectivity index (χ0) is 22.2. The van der Waals surface area contributed by atoms with Gasteiger partial charge in [-0.05, 0) is 47.1 Å². The van der Waals surface area contributed by atoms with Crippen LogP contribution < -0.4 is 0 Å². The molecule has 1 aliphatic carbocycles. The van der Waals surface area contributed by atoms with Crippen LogP contribution in [-0.4, -0.2) is 25.4 Å². The second kappa shape index (κ2) is 8.68. The van der Waals surface area contributed by atoms with Crippen molar-refractivity contribution >= 4 is 34.9 Å². The topological polar surface area (TPSA) is 60.2 Å². The van der Waals surface area contributed by atoms with E-state index in [0.29, 0.717) is 39.6 Å². The summed E-state index contributed by atoms with van der Waals surface area (Å²) in [5.41, 5.74) is 5.07. The van der Waals surface area contributed by atoms with Crippen LogP contribution in [0.25, 0.3) is 5.78 Å². The smallest absolute Gasteiger partial charge is 0.253 e. The van der Waals surface area contributed by atoms with Gasteiger partial charge in [-0.25, -0.2) is 9.50 Å². The molecule has 162 valence electrons. The summed E-state index contributed by atoms with van der Waals surface area (Å²) in [6.45, 7) is 4.37.